The molecule has 0 heterocycles. The van der Waals surface area contributed by atoms with E-state index in [4.69, 9.17) is 9.47 Å². The highest BCUT2D eigenvalue weighted by Gasteiger charge is 2.17. The van der Waals surface area contributed by atoms with E-state index in [1.54, 1.807) is 0 Å². The van der Waals surface area contributed by atoms with Crippen molar-refractivity contribution < 1.29 is 29.3 Å². The predicted octanol–water partition coefficient (Wildman–Crippen LogP) is 15.7. The summed E-state index contributed by atoms with van der Waals surface area (Å²) in [5, 5.41) is 21.2. The lowest BCUT2D eigenvalue weighted by molar-refractivity contribution is -0.150. The summed E-state index contributed by atoms with van der Waals surface area (Å²) in [6.07, 6.45) is 43.7. The van der Waals surface area contributed by atoms with E-state index in [1.807, 2.05) is 6.92 Å². The van der Waals surface area contributed by atoms with E-state index in [1.165, 1.54) is 154 Å². The van der Waals surface area contributed by atoms with Crippen LogP contribution in [-0.4, -0.2) is 96.1 Å². The molecule has 0 aromatic carbocycles. The van der Waals surface area contributed by atoms with Gasteiger partial charge >= 0.3 is 11.9 Å². The number of carbonyl (C=O) groups excluding carboxylic acids is 2. The molecule has 3 unspecified atom stereocenters. The first-order valence-electron chi connectivity index (χ1n) is 29.4. The molecule has 3 atom stereocenters. The largest absolute Gasteiger partial charge is 0.465 e. The molecule has 0 aliphatic rings. The molecular formula is C58H116N2O6. The van der Waals surface area contributed by atoms with Crippen LogP contribution in [0.25, 0.3) is 0 Å². The van der Waals surface area contributed by atoms with Crippen LogP contribution in [0.4, 0.5) is 0 Å². The van der Waals surface area contributed by atoms with Gasteiger partial charge in [0.05, 0.1) is 18.8 Å². The van der Waals surface area contributed by atoms with E-state index in [9.17, 15) is 19.8 Å². The molecule has 8 nitrogen and oxygen atoms in total. The van der Waals surface area contributed by atoms with Crippen LogP contribution in [0.15, 0.2) is 0 Å². The maximum absolute atomic E-state index is 12.9. The van der Waals surface area contributed by atoms with Crippen molar-refractivity contribution in [2.45, 2.75) is 310 Å². The van der Waals surface area contributed by atoms with Gasteiger partial charge in [-0.05, 0) is 116 Å². The Kier molecular flexibility index (Phi) is 49.2. The second-order valence-electron chi connectivity index (χ2n) is 20.6. The molecule has 0 aromatic rings. The van der Waals surface area contributed by atoms with Crippen molar-refractivity contribution in [1.29, 1.82) is 0 Å². The topological polar surface area (TPSA) is 99.5 Å². The number of rotatable bonds is 53. The van der Waals surface area contributed by atoms with Crippen molar-refractivity contribution in [3.63, 3.8) is 0 Å². The van der Waals surface area contributed by atoms with Gasteiger partial charge in [-0.1, -0.05) is 196 Å². The molecule has 0 spiro atoms. The summed E-state index contributed by atoms with van der Waals surface area (Å²) < 4.78 is 11.9. The number of aliphatic hydroxyl groups is 2. The van der Waals surface area contributed by atoms with Gasteiger partial charge in [0.15, 0.2) is 0 Å². The van der Waals surface area contributed by atoms with Crippen molar-refractivity contribution in [3.05, 3.63) is 0 Å². The number of hydrogen-bond donors (Lipinski definition) is 2. The lowest BCUT2D eigenvalue weighted by Gasteiger charge is -2.28. The van der Waals surface area contributed by atoms with Crippen LogP contribution < -0.4 is 0 Å². The molecule has 0 aliphatic heterocycles. The Morgan fingerprint density at radius 3 is 1.17 bits per heavy atom. The van der Waals surface area contributed by atoms with E-state index in [2.05, 4.69) is 44.4 Å². The molecule has 66 heavy (non-hydrogen) atoms. The summed E-state index contributed by atoms with van der Waals surface area (Å²) >= 11 is 0. The van der Waals surface area contributed by atoms with Crippen LogP contribution in [0.1, 0.15) is 292 Å². The monoisotopic (exact) mass is 937 g/mol. The zero-order chi connectivity index (χ0) is 48.6. The standard InChI is InChI=1S/C58H116N2O6/c1-7-13-17-21-25-32-41-53(40-31-20-16-10-4)52-65-57(63)44-36-30-38-47-60(51-55(62)12-6)49-39-48-59(50-54(61)11-5)46-37-29-24-28-35-45-58(64)66-56(42-33-26-22-18-14-8-2)43-34-27-23-19-15-9-3/h53-56,61-62H,7-52H2,1-6H3. The minimum atomic E-state index is -0.331. The smallest absolute Gasteiger partial charge is 0.306 e. The van der Waals surface area contributed by atoms with Gasteiger partial charge in [0.2, 0.25) is 0 Å². The zero-order valence-corrected chi connectivity index (χ0v) is 45.3. The van der Waals surface area contributed by atoms with Crippen molar-refractivity contribution in [3.8, 4) is 0 Å². The summed E-state index contributed by atoms with van der Waals surface area (Å²) in [5.41, 5.74) is 0. The molecule has 0 radical (unpaired) electrons. The first-order valence-corrected chi connectivity index (χ1v) is 29.4. The molecule has 0 saturated heterocycles. The van der Waals surface area contributed by atoms with Gasteiger partial charge in [0, 0.05) is 25.9 Å². The maximum atomic E-state index is 12.9. The SMILES string of the molecule is CCCCCCCCC(CCCCCC)COC(=O)CCCCCN(CCCN(CCCCCCCC(=O)OC(CCCCCCCC)CCCCCCCC)CC(O)CC)CC(O)CC. The Hall–Kier alpha value is -1.22. The normalized spacial score (nSPS) is 13.3. The maximum Gasteiger partial charge on any atom is 0.306 e. The Bertz CT molecular complexity index is 998. The van der Waals surface area contributed by atoms with Crippen molar-refractivity contribution in [1.82, 2.24) is 9.80 Å². The highest BCUT2D eigenvalue weighted by molar-refractivity contribution is 5.69. The lowest BCUT2D eigenvalue weighted by Crippen LogP contribution is -2.38. The van der Waals surface area contributed by atoms with E-state index >= 15 is 0 Å². The van der Waals surface area contributed by atoms with E-state index in [0.717, 1.165) is 110 Å². The molecule has 0 aliphatic carbocycles. The number of esters is 2. The third-order valence-corrected chi connectivity index (χ3v) is 14.0. The minimum absolute atomic E-state index is 0.00264. The molecular weight excluding hydrogens is 821 g/mol. The van der Waals surface area contributed by atoms with Crippen LogP contribution in [0, 0.1) is 5.92 Å². The average molecular weight is 938 g/mol. The third kappa shape index (κ3) is 44.0. The Morgan fingerprint density at radius 1 is 0.394 bits per heavy atom. The molecule has 0 bridgehead atoms. The van der Waals surface area contributed by atoms with Gasteiger partial charge in [-0.25, -0.2) is 0 Å². The quantitative estimate of drug-likeness (QED) is 0.0460. The number of aliphatic hydroxyl groups excluding tert-OH is 2. The molecule has 2 N–H and O–H groups in total. The van der Waals surface area contributed by atoms with Crippen molar-refractivity contribution in [2.24, 2.45) is 5.92 Å². The summed E-state index contributed by atoms with van der Waals surface area (Å²) in [6.45, 7) is 18.9. The zero-order valence-electron chi connectivity index (χ0n) is 45.3. The first kappa shape index (κ1) is 64.8. The summed E-state index contributed by atoms with van der Waals surface area (Å²) in [4.78, 5) is 30.5. The van der Waals surface area contributed by atoms with Crippen LogP contribution in [0.5, 0.6) is 0 Å². The third-order valence-electron chi connectivity index (χ3n) is 14.0. The second kappa shape index (κ2) is 50.2. The number of unbranched alkanes of at least 4 members (excludes halogenated alkanes) is 24. The summed E-state index contributed by atoms with van der Waals surface area (Å²) in [7, 11) is 0. The van der Waals surface area contributed by atoms with E-state index < -0.39 is 0 Å². The van der Waals surface area contributed by atoms with Gasteiger partial charge in [-0.3, -0.25) is 9.59 Å². The van der Waals surface area contributed by atoms with E-state index in [-0.39, 0.29) is 30.3 Å². The van der Waals surface area contributed by atoms with Gasteiger partial charge in [0.1, 0.15) is 6.10 Å². The van der Waals surface area contributed by atoms with Gasteiger partial charge in [0.25, 0.3) is 0 Å². The number of hydrogen-bond acceptors (Lipinski definition) is 8. The van der Waals surface area contributed by atoms with Crippen LogP contribution in [0.2, 0.25) is 0 Å². The van der Waals surface area contributed by atoms with Crippen molar-refractivity contribution in [2.75, 3.05) is 45.9 Å². The second-order valence-corrected chi connectivity index (χ2v) is 20.6. The van der Waals surface area contributed by atoms with Gasteiger partial charge in [-0.2, -0.15) is 0 Å². The number of carbonyl (C=O) groups is 2. The van der Waals surface area contributed by atoms with Crippen LogP contribution >= 0.6 is 0 Å². The molecule has 0 amide bonds. The molecule has 0 saturated carbocycles. The van der Waals surface area contributed by atoms with Crippen LogP contribution in [0.3, 0.4) is 0 Å². The Labute approximate surface area is 411 Å². The number of ether oxygens (including phenoxy) is 2. The highest BCUT2D eigenvalue weighted by Crippen LogP contribution is 2.21. The van der Waals surface area contributed by atoms with E-state index in [0.29, 0.717) is 38.5 Å². The highest BCUT2D eigenvalue weighted by atomic mass is 16.5. The fraction of sp³-hybridized carbons (Fsp3) is 0.966. The Balaban J connectivity index is 4.69. The molecule has 0 fully saturated rings. The minimum Gasteiger partial charge on any atom is -0.465 e. The average Bonchev–Trinajstić information content (AvgIpc) is 3.31. The number of nitrogens with zero attached hydrogens (tertiary/aromatic N) is 2. The molecule has 394 valence electrons. The van der Waals surface area contributed by atoms with Crippen molar-refractivity contribution >= 4 is 11.9 Å². The first-order chi connectivity index (χ1) is 32.2. The lowest BCUT2D eigenvalue weighted by atomic mass is 9.95. The van der Waals surface area contributed by atoms with Gasteiger partial charge in [-0.15, -0.1) is 0 Å². The summed E-state index contributed by atoms with van der Waals surface area (Å²) in [5.74, 6) is 0.468. The van der Waals surface area contributed by atoms with Crippen LogP contribution in [-0.2, 0) is 19.1 Å². The van der Waals surface area contributed by atoms with Gasteiger partial charge < -0.3 is 29.5 Å². The molecule has 0 aromatic heterocycles. The molecule has 0 rings (SSSR count). The fourth-order valence-electron chi connectivity index (χ4n) is 9.36. The Morgan fingerprint density at radius 2 is 0.727 bits per heavy atom. The predicted molar refractivity (Wildman–Crippen MR) is 283 cm³/mol. The fourth-order valence-corrected chi connectivity index (χ4v) is 9.36. The summed E-state index contributed by atoms with van der Waals surface area (Å²) in [6, 6.07) is 0. The molecule has 8 heteroatoms.